The minimum Gasteiger partial charge on any atom is -0.462 e. The molecule has 19 nitrogen and oxygen atoms in total. The molecular weight excluding hydrogens is 936 g/mol. The number of nitrogens with two attached hydrogens (primary N) is 1. The number of rotatable bonds is 39. The number of nitrogen functional groups attached to an aromatic ring is 1. The van der Waals surface area contributed by atoms with E-state index in [9.17, 15) is 48.3 Å². The van der Waals surface area contributed by atoms with Crippen molar-refractivity contribution < 1.29 is 71.1 Å². The number of unbranched alkanes of at least 4 members (excludes halogenated alkanes) is 12. The van der Waals surface area contributed by atoms with Crippen LogP contribution in [0.4, 0.5) is 5.82 Å². The van der Waals surface area contributed by atoms with Gasteiger partial charge in [0.25, 0.3) is 0 Å². The number of aliphatic hydroxyl groups excluding tert-OH is 2. The van der Waals surface area contributed by atoms with Gasteiger partial charge in [0.2, 0.25) is 0 Å². The minimum atomic E-state index is -5.48. The molecule has 0 saturated carbocycles. The molecule has 392 valence electrons. The zero-order valence-electron chi connectivity index (χ0n) is 40.8. The predicted molar refractivity (Wildman–Crippen MR) is 261 cm³/mol. The lowest BCUT2D eigenvalue weighted by Gasteiger charge is -2.21. The molecule has 69 heavy (non-hydrogen) atoms. The van der Waals surface area contributed by atoms with Gasteiger partial charge in [-0.05, 0) is 56.6 Å². The van der Waals surface area contributed by atoms with Gasteiger partial charge in [0.05, 0.1) is 13.2 Å². The van der Waals surface area contributed by atoms with Crippen LogP contribution in [-0.4, -0.2) is 91.5 Å². The van der Waals surface area contributed by atoms with Crippen molar-refractivity contribution in [1.29, 1.82) is 0 Å². The van der Waals surface area contributed by atoms with Crippen molar-refractivity contribution in [1.82, 2.24) is 9.55 Å². The summed E-state index contributed by atoms with van der Waals surface area (Å²) in [5.41, 5.74) is 4.56. The van der Waals surface area contributed by atoms with Crippen LogP contribution in [0.2, 0.25) is 0 Å². The van der Waals surface area contributed by atoms with Gasteiger partial charge in [0, 0.05) is 25.5 Å². The molecule has 0 aliphatic carbocycles. The fraction of sp³-hybridized carbons (Fsp3) is 0.688. The fourth-order valence-electron chi connectivity index (χ4n) is 6.98. The van der Waals surface area contributed by atoms with E-state index < -0.39 is 83.7 Å². The first kappa shape index (κ1) is 61.5. The molecule has 0 spiro atoms. The molecule has 6 N–H and O–H groups in total. The molecule has 0 amide bonds. The van der Waals surface area contributed by atoms with E-state index in [1.807, 2.05) is 12.2 Å². The monoisotopic (exact) mass is 1020 g/mol. The topological polar surface area (TPSA) is 283 Å². The molecular formula is C48H79N3O16P2. The number of phosphoric ester groups is 2. The molecule has 2 unspecified atom stereocenters. The second kappa shape index (κ2) is 35.5. The van der Waals surface area contributed by atoms with Gasteiger partial charge < -0.3 is 39.9 Å². The number of anilines is 1. The number of hydrogen-bond acceptors (Lipinski definition) is 16. The number of aromatic nitrogens is 2. The number of carbonyl (C=O) groups is 3. The van der Waals surface area contributed by atoms with E-state index in [1.54, 1.807) is 12.2 Å². The Morgan fingerprint density at radius 1 is 0.783 bits per heavy atom. The van der Waals surface area contributed by atoms with Crippen molar-refractivity contribution >= 4 is 39.2 Å². The summed E-state index contributed by atoms with van der Waals surface area (Å²) in [5.74, 6) is -1.05. The smallest absolute Gasteiger partial charge is 0.462 e. The molecule has 0 bridgehead atoms. The third kappa shape index (κ3) is 29.4. The van der Waals surface area contributed by atoms with E-state index in [0.717, 1.165) is 55.2 Å². The summed E-state index contributed by atoms with van der Waals surface area (Å²) in [7, 11) is -10.9. The molecule has 1 aliphatic heterocycles. The summed E-state index contributed by atoms with van der Waals surface area (Å²) in [5, 5.41) is 20.9. The van der Waals surface area contributed by atoms with E-state index >= 15 is 0 Å². The van der Waals surface area contributed by atoms with Crippen LogP contribution in [0, 0.1) is 5.92 Å². The molecule has 2 heterocycles. The maximum absolute atomic E-state index is 12.8. The summed E-state index contributed by atoms with van der Waals surface area (Å²) < 4.78 is 56.4. The summed E-state index contributed by atoms with van der Waals surface area (Å²) in [4.78, 5) is 74.2. The number of nitrogens with zero attached hydrogens (tertiary/aromatic N) is 2. The highest BCUT2D eigenvalue weighted by Crippen LogP contribution is 2.60. The number of hydrogen-bond donors (Lipinski definition) is 5. The minimum absolute atomic E-state index is 0.0175. The van der Waals surface area contributed by atoms with Gasteiger partial charge in [0.1, 0.15) is 30.7 Å². The van der Waals surface area contributed by atoms with Gasteiger partial charge in [0.15, 0.2) is 18.1 Å². The van der Waals surface area contributed by atoms with Crippen LogP contribution in [0.3, 0.4) is 0 Å². The van der Waals surface area contributed by atoms with Crippen LogP contribution in [0.25, 0.3) is 0 Å². The molecule has 1 aromatic heterocycles. The van der Waals surface area contributed by atoms with Crippen molar-refractivity contribution in [2.45, 2.75) is 186 Å². The molecule has 7 atom stereocenters. The Bertz CT molecular complexity index is 1920. The number of phosphoric acid groups is 2. The van der Waals surface area contributed by atoms with Crippen LogP contribution < -0.4 is 11.4 Å². The molecule has 1 aromatic rings. The van der Waals surface area contributed by atoms with Gasteiger partial charge in [-0.2, -0.15) is 9.29 Å². The normalized spacial score (nSPS) is 19.8. The van der Waals surface area contributed by atoms with Crippen LogP contribution >= 0.6 is 15.6 Å². The third-order valence-electron chi connectivity index (χ3n) is 10.8. The first-order valence-electron chi connectivity index (χ1n) is 24.5. The maximum atomic E-state index is 12.8. The molecule has 2 rings (SSSR count). The number of aliphatic hydroxyl groups is 2. The van der Waals surface area contributed by atoms with E-state index in [4.69, 9.17) is 29.0 Å². The van der Waals surface area contributed by atoms with E-state index in [2.05, 4.69) is 48.3 Å². The lowest BCUT2D eigenvalue weighted by Crippen LogP contribution is -2.36. The Balaban J connectivity index is 1.87. The highest BCUT2D eigenvalue weighted by Gasteiger charge is 2.46. The quantitative estimate of drug-likeness (QED) is 0.0103. The van der Waals surface area contributed by atoms with E-state index in [0.29, 0.717) is 12.8 Å². The van der Waals surface area contributed by atoms with Gasteiger partial charge in [-0.3, -0.25) is 28.0 Å². The predicted octanol–water partition coefficient (Wildman–Crippen LogP) is 8.81. The van der Waals surface area contributed by atoms with E-state index in [-0.39, 0.29) is 37.3 Å². The van der Waals surface area contributed by atoms with Gasteiger partial charge in [-0.15, -0.1) is 0 Å². The largest absolute Gasteiger partial charge is 0.481 e. The van der Waals surface area contributed by atoms with Gasteiger partial charge in [-0.25, -0.2) is 13.9 Å². The van der Waals surface area contributed by atoms with E-state index in [1.165, 1.54) is 69.9 Å². The first-order chi connectivity index (χ1) is 32.9. The number of allylic oxidation sites excluding steroid dienone is 8. The molecule has 1 fully saturated rings. The second-order valence-corrected chi connectivity index (χ2v) is 20.5. The van der Waals surface area contributed by atoms with Gasteiger partial charge >= 0.3 is 33.3 Å². The molecule has 1 saturated heterocycles. The Hall–Kier alpha value is -3.61. The van der Waals surface area contributed by atoms with Crippen LogP contribution in [0.1, 0.15) is 162 Å². The molecule has 0 aromatic carbocycles. The van der Waals surface area contributed by atoms with Crippen LogP contribution in [0.15, 0.2) is 65.7 Å². The number of esters is 2. The summed E-state index contributed by atoms with van der Waals surface area (Å²) in [6.45, 7) is 4.15. The average molecular weight is 1020 g/mol. The van der Waals surface area contributed by atoms with Crippen LogP contribution in [0.5, 0.6) is 0 Å². The fourth-order valence-corrected chi connectivity index (χ4v) is 9.09. The first-order valence-corrected chi connectivity index (χ1v) is 27.5. The van der Waals surface area contributed by atoms with Crippen molar-refractivity contribution in [2.24, 2.45) is 5.92 Å². The second-order valence-electron chi connectivity index (χ2n) is 17.5. The van der Waals surface area contributed by atoms with Crippen LogP contribution in [-0.2, 0) is 51.1 Å². The zero-order chi connectivity index (χ0) is 50.9. The molecule has 0 radical (unpaired) electrons. The maximum Gasteiger partial charge on any atom is 0.481 e. The lowest BCUT2D eigenvalue weighted by atomic mass is 10.0. The third-order valence-corrected chi connectivity index (χ3v) is 13.4. The number of ketones is 1. The zero-order valence-corrected chi connectivity index (χ0v) is 42.6. The SMILES string of the molecule is CCCCC/C=C\C/C=C\C/C=C\C=C\C(=O)CCCC(=O)O[C@H](COC(=O)CCCCCCCCCCCCC(C)C)COP(=O)(O)OP(=O)(O)OC[C@H]1O[C@@H](n2ccc(N)nc2=O)[C@H](O)[C@@H]1O. The standard InChI is InChI=1S/C48H79N3O16P2/c1-4-5-6-7-8-9-10-11-12-16-19-22-25-29-39(52)30-27-32-44(54)65-40(35-62-43(53)31-26-23-20-17-14-13-15-18-21-24-28-38(2)3)36-63-68(58,59)67-69(60,61)64-37-41-45(55)46(56)47(66-41)51-34-33-42(49)50-48(51)57/h8-9,11-12,19,22,25,29,33-34,38,40-41,45-47,55-56H,4-7,10,13-18,20-21,23-24,26-28,30-32,35-37H2,1-3H3,(H,58,59)(H,60,61)(H2,49,50,57)/b9-8-,12-11-,22-19-,29-25+/t40-,41-,45-,46-,47-/m1/s1. The van der Waals surface area contributed by atoms with Crippen molar-refractivity contribution in [2.75, 3.05) is 25.6 Å². The van der Waals surface area contributed by atoms with Gasteiger partial charge in [-0.1, -0.05) is 140 Å². The Morgan fingerprint density at radius 3 is 2.07 bits per heavy atom. The average Bonchev–Trinajstić information content (AvgIpc) is 3.56. The Labute approximate surface area is 407 Å². The summed E-state index contributed by atoms with van der Waals surface area (Å²) >= 11 is 0. The molecule has 21 heteroatoms. The summed E-state index contributed by atoms with van der Waals surface area (Å²) in [6, 6.07) is 1.23. The highest BCUT2D eigenvalue weighted by molar-refractivity contribution is 7.61. The Morgan fingerprint density at radius 2 is 1.41 bits per heavy atom. The van der Waals surface area contributed by atoms with Crippen molar-refractivity contribution in [3.8, 4) is 0 Å². The van der Waals surface area contributed by atoms with Crippen molar-refractivity contribution in [3.05, 3.63) is 71.4 Å². The number of carbonyl (C=O) groups excluding carboxylic acids is 3. The lowest BCUT2D eigenvalue weighted by molar-refractivity contribution is -0.161. The number of ether oxygens (including phenoxy) is 3. The highest BCUT2D eigenvalue weighted by atomic mass is 31.3. The molecule has 1 aliphatic rings. The Kier molecular flexibility index (Phi) is 31.6. The van der Waals surface area contributed by atoms with Crippen molar-refractivity contribution in [3.63, 3.8) is 0 Å². The summed E-state index contributed by atoms with van der Waals surface area (Å²) in [6.07, 6.45) is 26.5.